The van der Waals surface area contributed by atoms with Crippen molar-refractivity contribution in [2.24, 2.45) is 0 Å². The van der Waals surface area contributed by atoms with Crippen molar-refractivity contribution in [3.63, 3.8) is 0 Å². The van der Waals surface area contributed by atoms with Crippen LogP contribution in [0.1, 0.15) is 37.4 Å². The summed E-state index contributed by atoms with van der Waals surface area (Å²) in [5, 5.41) is 1.10. The number of pyridine rings is 1. The van der Waals surface area contributed by atoms with E-state index in [1.165, 1.54) is 0 Å². The zero-order chi connectivity index (χ0) is 18.4. The first-order chi connectivity index (χ1) is 12.7. The Kier molecular flexibility index (Phi) is 5.84. The topological polar surface area (TPSA) is 48.4 Å². The third kappa shape index (κ3) is 4.60. The molecule has 1 aromatic heterocycles. The number of aryl methyl sites for hydroxylation is 1. The van der Waals surface area contributed by atoms with E-state index in [1.54, 1.807) is 12.1 Å². The van der Waals surface area contributed by atoms with Crippen molar-refractivity contribution in [2.45, 2.75) is 39.7 Å². The van der Waals surface area contributed by atoms with Gasteiger partial charge in [0.1, 0.15) is 18.1 Å². The van der Waals surface area contributed by atoms with Crippen LogP contribution >= 0.6 is 0 Å². The lowest BCUT2D eigenvalue weighted by atomic mass is 10.1. The van der Waals surface area contributed by atoms with E-state index in [0.29, 0.717) is 18.8 Å². The molecule has 1 heterocycles. The van der Waals surface area contributed by atoms with E-state index in [1.807, 2.05) is 50.2 Å². The second-order valence-electron chi connectivity index (χ2n) is 6.28. The minimum Gasteiger partial charge on any atom is -0.489 e. The number of esters is 1. The fraction of sp³-hybridized carbons (Fsp3) is 0.273. The summed E-state index contributed by atoms with van der Waals surface area (Å²) in [5.41, 5.74) is 3.04. The summed E-state index contributed by atoms with van der Waals surface area (Å²) < 4.78 is 11.2. The molecule has 0 aliphatic heterocycles. The molecule has 0 saturated carbocycles. The van der Waals surface area contributed by atoms with Gasteiger partial charge < -0.3 is 9.47 Å². The highest BCUT2D eigenvalue weighted by Crippen LogP contribution is 2.22. The minimum absolute atomic E-state index is 0.195. The van der Waals surface area contributed by atoms with Gasteiger partial charge in [-0.15, -0.1) is 0 Å². The molecule has 3 aromatic rings. The molecule has 134 valence electrons. The molecule has 26 heavy (non-hydrogen) atoms. The molecule has 0 bridgehead atoms. The highest BCUT2D eigenvalue weighted by atomic mass is 16.5. The van der Waals surface area contributed by atoms with Crippen molar-refractivity contribution in [3.05, 3.63) is 65.9 Å². The lowest BCUT2D eigenvalue weighted by Crippen LogP contribution is -2.07. The van der Waals surface area contributed by atoms with Crippen LogP contribution in [0, 0.1) is 6.92 Å². The smallest absolute Gasteiger partial charge is 0.311 e. The maximum Gasteiger partial charge on any atom is 0.311 e. The van der Waals surface area contributed by atoms with Crippen LogP contribution in [0.5, 0.6) is 11.5 Å². The van der Waals surface area contributed by atoms with Crippen LogP contribution in [-0.2, 0) is 11.4 Å². The van der Waals surface area contributed by atoms with E-state index in [2.05, 4.69) is 11.1 Å². The van der Waals surface area contributed by atoms with Gasteiger partial charge in [-0.05, 0) is 49.7 Å². The van der Waals surface area contributed by atoms with E-state index < -0.39 is 0 Å². The average Bonchev–Trinajstić information content (AvgIpc) is 2.65. The molecule has 0 fully saturated rings. The predicted molar refractivity (Wildman–Crippen MR) is 102 cm³/mol. The minimum atomic E-state index is -0.195. The normalized spacial score (nSPS) is 10.7. The highest BCUT2D eigenvalue weighted by Gasteiger charge is 2.06. The maximum absolute atomic E-state index is 11.7. The number of benzene rings is 2. The Morgan fingerprint density at radius 1 is 1.04 bits per heavy atom. The van der Waals surface area contributed by atoms with E-state index in [9.17, 15) is 4.79 Å². The van der Waals surface area contributed by atoms with Crippen LogP contribution in [0.15, 0.2) is 54.6 Å². The molecule has 0 radical (unpaired) electrons. The van der Waals surface area contributed by atoms with Gasteiger partial charge in [-0.25, -0.2) is 0 Å². The second kappa shape index (κ2) is 8.48. The summed E-state index contributed by atoms with van der Waals surface area (Å²) >= 11 is 0. The third-order valence-electron chi connectivity index (χ3n) is 4.11. The van der Waals surface area contributed by atoms with Gasteiger partial charge in [0.25, 0.3) is 0 Å². The molecule has 0 N–H and O–H groups in total. The van der Waals surface area contributed by atoms with E-state index in [4.69, 9.17) is 9.47 Å². The number of nitrogens with zero attached hydrogens (tertiary/aromatic N) is 1. The van der Waals surface area contributed by atoms with Crippen molar-refractivity contribution >= 4 is 16.9 Å². The van der Waals surface area contributed by atoms with E-state index in [-0.39, 0.29) is 5.97 Å². The molecule has 0 spiro atoms. The Hall–Kier alpha value is -2.88. The van der Waals surface area contributed by atoms with Gasteiger partial charge in [-0.1, -0.05) is 31.5 Å². The summed E-state index contributed by atoms with van der Waals surface area (Å²) in [6, 6.07) is 17.3. The lowest BCUT2D eigenvalue weighted by molar-refractivity contribution is -0.134. The molecule has 3 rings (SSSR count). The Labute approximate surface area is 153 Å². The molecular formula is C22H23NO3. The molecule has 0 aliphatic carbocycles. The van der Waals surface area contributed by atoms with E-state index in [0.717, 1.165) is 40.8 Å². The van der Waals surface area contributed by atoms with Crippen molar-refractivity contribution in [1.82, 2.24) is 4.98 Å². The fourth-order valence-corrected chi connectivity index (χ4v) is 2.78. The fourth-order valence-electron chi connectivity index (χ4n) is 2.78. The number of para-hydroxylation sites is 1. The summed E-state index contributed by atoms with van der Waals surface area (Å²) in [7, 11) is 0. The number of carbonyl (C=O) groups is 1. The van der Waals surface area contributed by atoms with Gasteiger partial charge in [0, 0.05) is 23.1 Å². The summed E-state index contributed by atoms with van der Waals surface area (Å²) in [4.78, 5) is 16.2. The Morgan fingerprint density at radius 2 is 1.77 bits per heavy atom. The van der Waals surface area contributed by atoms with Gasteiger partial charge in [0.05, 0.1) is 5.52 Å². The second-order valence-corrected chi connectivity index (χ2v) is 6.28. The predicted octanol–water partition coefficient (Wildman–Crippen LogP) is 5.22. The molecule has 4 heteroatoms. The zero-order valence-electron chi connectivity index (χ0n) is 15.2. The summed E-state index contributed by atoms with van der Waals surface area (Å²) in [5.74, 6) is 1.08. The Bertz CT molecular complexity index is 888. The molecule has 0 aliphatic rings. The van der Waals surface area contributed by atoms with Crippen LogP contribution < -0.4 is 9.47 Å². The van der Waals surface area contributed by atoms with Crippen LogP contribution in [-0.4, -0.2) is 11.0 Å². The number of hydrogen-bond donors (Lipinski definition) is 0. The SMILES string of the molecule is CCCCC(=O)Oc1ccc(OCc2cc(C)nc3ccccc23)cc1. The first kappa shape index (κ1) is 17.9. The number of unbranched alkanes of at least 4 members (excludes halogenated alkanes) is 1. The Balaban J connectivity index is 1.64. The average molecular weight is 349 g/mol. The largest absolute Gasteiger partial charge is 0.489 e. The lowest BCUT2D eigenvalue weighted by Gasteiger charge is -2.10. The van der Waals surface area contributed by atoms with Gasteiger partial charge in [0.2, 0.25) is 0 Å². The van der Waals surface area contributed by atoms with Crippen molar-refractivity contribution in [3.8, 4) is 11.5 Å². The number of ether oxygens (including phenoxy) is 2. The quantitative estimate of drug-likeness (QED) is 0.433. The number of fused-ring (bicyclic) bond motifs is 1. The van der Waals surface area contributed by atoms with Crippen LogP contribution in [0.3, 0.4) is 0 Å². The molecule has 0 amide bonds. The first-order valence-electron chi connectivity index (χ1n) is 8.94. The van der Waals surface area contributed by atoms with Crippen LogP contribution in [0.2, 0.25) is 0 Å². The molecule has 0 atom stereocenters. The van der Waals surface area contributed by atoms with Gasteiger partial charge in [-0.3, -0.25) is 9.78 Å². The molecule has 4 nitrogen and oxygen atoms in total. The number of carbonyl (C=O) groups excluding carboxylic acids is 1. The van der Waals surface area contributed by atoms with Crippen molar-refractivity contribution in [1.29, 1.82) is 0 Å². The number of aromatic nitrogens is 1. The monoisotopic (exact) mass is 349 g/mol. The van der Waals surface area contributed by atoms with Crippen molar-refractivity contribution in [2.75, 3.05) is 0 Å². The summed E-state index contributed by atoms with van der Waals surface area (Å²) in [6.45, 7) is 4.49. The molecule has 2 aromatic carbocycles. The van der Waals surface area contributed by atoms with Gasteiger partial charge in [-0.2, -0.15) is 0 Å². The summed E-state index contributed by atoms with van der Waals surface area (Å²) in [6.07, 6.45) is 2.27. The zero-order valence-corrected chi connectivity index (χ0v) is 15.2. The van der Waals surface area contributed by atoms with E-state index >= 15 is 0 Å². The number of hydrogen-bond acceptors (Lipinski definition) is 4. The maximum atomic E-state index is 11.7. The van der Waals surface area contributed by atoms with Gasteiger partial charge in [0.15, 0.2) is 0 Å². The molecule has 0 saturated heterocycles. The van der Waals surface area contributed by atoms with Crippen molar-refractivity contribution < 1.29 is 14.3 Å². The van der Waals surface area contributed by atoms with Crippen LogP contribution in [0.4, 0.5) is 0 Å². The molecule has 0 unspecified atom stereocenters. The molecular weight excluding hydrogens is 326 g/mol. The standard InChI is InChI=1S/C22H23NO3/c1-3-4-9-22(24)26-19-12-10-18(11-13-19)25-15-17-14-16(2)23-21-8-6-5-7-20(17)21/h5-8,10-14H,3-4,9,15H2,1-2H3. The third-order valence-corrected chi connectivity index (χ3v) is 4.11. The Morgan fingerprint density at radius 3 is 2.54 bits per heavy atom. The first-order valence-corrected chi connectivity index (χ1v) is 8.94. The van der Waals surface area contributed by atoms with Crippen LogP contribution in [0.25, 0.3) is 10.9 Å². The highest BCUT2D eigenvalue weighted by molar-refractivity contribution is 5.82. The number of rotatable bonds is 7. The van der Waals surface area contributed by atoms with Gasteiger partial charge >= 0.3 is 5.97 Å².